The number of rotatable bonds is 1. The van der Waals surface area contributed by atoms with E-state index in [1.165, 1.54) is 19.0 Å². The van der Waals surface area contributed by atoms with Crippen LogP contribution in [0.2, 0.25) is 0 Å². The first-order chi connectivity index (χ1) is 6.88. The van der Waals surface area contributed by atoms with E-state index in [2.05, 4.69) is 14.9 Å². The smallest absolute Gasteiger partial charge is 0.277 e. The van der Waals surface area contributed by atoms with Crippen molar-refractivity contribution in [1.82, 2.24) is 15.2 Å². The number of nitrogens with zero attached hydrogens (tertiary/aromatic N) is 3. The van der Waals surface area contributed by atoms with Gasteiger partial charge in [-0.15, -0.1) is 0 Å². The Balaban J connectivity index is 2.03. The van der Waals surface area contributed by atoms with Gasteiger partial charge in [-0.25, -0.2) is 4.63 Å². The second-order valence-corrected chi connectivity index (χ2v) is 3.50. The van der Waals surface area contributed by atoms with Gasteiger partial charge in [0.25, 0.3) is 5.91 Å². The van der Waals surface area contributed by atoms with E-state index in [9.17, 15) is 4.79 Å². The predicted molar refractivity (Wildman–Crippen MR) is 48.7 cm³/mol. The Morgan fingerprint density at radius 2 is 2.00 bits per heavy atom. The molecular formula is C9H13N3O2. The van der Waals surface area contributed by atoms with Gasteiger partial charge in [0.1, 0.15) is 6.20 Å². The Labute approximate surface area is 82.0 Å². The Morgan fingerprint density at radius 3 is 2.57 bits per heavy atom. The quantitative estimate of drug-likeness (QED) is 0.673. The zero-order chi connectivity index (χ0) is 9.80. The third-order valence-electron chi connectivity index (χ3n) is 2.47. The lowest BCUT2D eigenvalue weighted by Gasteiger charge is -2.17. The van der Waals surface area contributed by atoms with Crippen LogP contribution in [0.15, 0.2) is 10.8 Å². The fourth-order valence-electron chi connectivity index (χ4n) is 1.69. The lowest BCUT2D eigenvalue weighted by Crippen LogP contribution is -2.32. The van der Waals surface area contributed by atoms with Crippen LogP contribution in [-0.2, 0) is 0 Å². The van der Waals surface area contributed by atoms with Crippen LogP contribution in [0, 0.1) is 0 Å². The summed E-state index contributed by atoms with van der Waals surface area (Å²) in [4.78, 5) is 13.6. The predicted octanol–water partition coefficient (Wildman–Crippen LogP) is 1.09. The van der Waals surface area contributed by atoms with Crippen LogP contribution in [-0.4, -0.2) is 34.2 Å². The van der Waals surface area contributed by atoms with Crippen molar-refractivity contribution in [2.75, 3.05) is 13.1 Å². The van der Waals surface area contributed by atoms with Crippen LogP contribution in [0.1, 0.15) is 36.2 Å². The van der Waals surface area contributed by atoms with Crippen molar-refractivity contribution in [2.45, 2.75) is 25.7 Å². The minimum Gasteiger partial charge on any atom is -0.337 e. The number of likely N-dealkylation sites (tertiary alicyclic amines) is 1. The zero-order valence-electron chi connectivity index (χ0n) is 7.98. The molecule has 1 aliphatic rings. The van der Waals surface area contributed by atoms with Crippen LogP contribution in [0.3, 0.4) is 0 Å². The average molecular weight is 195 g/mol. The van der Waals surface area contributed by atoms with Crippen molar-refractivity contribution in [3.63, 3.8) is 0 Å². The number of aromatic nitrogens is 2. The van der Waals surface area contributed by atoms with E-state index in [1.54, 1.807) is 0 Å². The summed E-state index contributed by atoms with van der Waals surface area (Å²) in [5.41, 5.74) is 0.312. The molecule has 2 rings (SSSR count). The van der Waals surface area contributed by atoms with Crippen molar-refractivity contribution in [2.24, 2.45) is 0 Å². The molecule has 1 aromatic rings. The van der Waals surface area contributed by atoms with E-state index in [-0.39, 0.29) is 5.91 Å². The van der Waals surface area contributed by atoms with Gasteiger partial charge in [-0.2, -0.15) is 0 Å². The average Bonchev–Trinajstić information content (AvgIpc) is 2.59. The fraction of sp³-hybridized carbons (Fsp3) is 0.667. The lowest BCUT2D eigenvalue weighted by molar-refractivity contribution is 0.0750. The van der Waals surface area contributed by atoms with E-state index < -0.39 is 0 Å². The van der Waals surface area contributed by atoms with Gasteiger partial charge in [-0.3, -0.25) is 4.79 Å². The van der Waals surface area contributed by atoms with Crippen LogP contribution in [0.25, 0.3) is 0 Å². The molecule has 0 bridgehead atoms. The molecule has 1 saturated heterocycles. The normalized spacial score (nSPS) is 17.9. The lowest BCUT2D eigenvalue weighted by atomic mass is 10.2. The first-order valence-electron chi connectivity index (χ1n) is 4.95. The van der Waals surface area contributed by atoms with Crippen molar-refractivity contribution < 1.29 is 9.42 Å². The maximum atomic E-state index is 11.8. The summed E-state index contributed by atoms with van der Waals surface area (Å²) in [7, 11) is 0. The summed E-state index contributed by atoms with van der Waals surface area (Å²) in [5.74, 6) is -0.0619. The highest BCUT2D eigenvalue weighted by Crippen LogP contribution is 2.11. The zero-order valence-corrected chi connectivity index (χ0v) is 7.98. The topological polar surface area (TPSA) is 59.2 Å². The van der Waals surface area contributed by atoms with E-state index in [0.29, 0.717) is 5.69 Å². The third kappa shape index (κ3) is 1.92. The summed E-state index contributed by atoms with van der Waals surface area (Å²) >= 11 is 0. The first-order valence-corrected chi connectivity index (χ1v) is 4.95. The summed E-state index contributed by atoms with van der Waals surface area (Å²) < 4.78 is 4.41. The molecule has 76 valence electrons. The van der Waals surface area contributed by atoms with Crippen LogP contribution in [0.4, 0.5) is 0 Å². The number of carbonyl (C=O) groups is 1. The minimum absolute atomic E-state index is 0.0619. The van der Waals surface area contributed by atoms with Crippen LogP contribution in [0.5, 0.6) is 0 Å². The van der Waals surface area contributed by atoms with Crippen LogP contribution < -0.4 is 0 Å². The van der Waals surface area contributed by atoms with E-state index in [4.69, 9.17) is 0 Å². The molecule has 0 N–H and O–H groups in total. The molecule has 0 radical (unpaired) electrons. The van der Waals surface area contributed by atoms with Gasteiger partial charge in [0, 0.05) is 13.1 Å². The molecule has 1 aromatic heterocycles. The molecule has 0 aliphatic carbocycles. The Morgan fingerprint density at radius 1 is 1.29 bits per heavy atom. The number of hydrogen-bond acceptors (Lipinski definition) is 4. The molecule has 0 aromatic carbocycles. The SMILES string of the molecule is O=C(c1cnon1)N1CCCCCC1. The Bertz CT molecular complexity index is 289. The highest BCUT2D eigenvalue weighted by molar-refractivity contribution is 5.91. The summed E-state index contributed by atoms with van der Waals surface area (Å²) in [6.45, 7) is 1.65. The van der Waals surface area contributed by atoms with Gasteiger partial charge in [0.2, 0.25) is 0 Å². The third-order valence-corrected chi connectivity index (χ3v) is 2.47. The van der Waals surface area contributed by atoms with Gasteiger partial charge < -0.3 is 4.90 Å². The number of amides is 1. The standard InChI is InChI=1S/C9H13N3O2/c13-9(8-7-10-14-11-8)12-5-3-1-2-4-6-12/h7H,1-6H2. The highest BCUT2D eigenvalue weighted by atomic mass is 16.6. The van der Waals surface area contributed by atoms with Gasteiger partial charge in [-0.05, 0) is 18.0 Å². The minimum atomic E-state index is -0.0619. The van der Waals surface area contributed by atoms with Crippen LogP contribution >= 0.6 is 0 Å². The maximum Gasteiger partial charge on any atom is 0.277 e. The fourth-order valence-corrected chi connectivity index (χ4v) is 1.69. The molecule has 1 aliphatic heterocycles. The molecule has 5 heteroatoms. The largest absolute Gasteiger partial charge is 0.337 e. The molecule has 2 heterocycles. The monoisotopic (exact) mass is 195 g/mol. The molecule has 14 heavy (non-hydrogen) atoms. The highest BCUT2D eigenvalue weighted by Gasteiger charge is 2.19. The van der Waals surface area contributed by atoms with Gasteiger partial charge in [0.15, 0.2) is 5.69 Å². The van der Waals surface area contributed by atoms with E-state index >= 15 is 0 Å². The summed E-state index contributed by atoms with van der Waals surface area (Å²) in [6.07, 6.45) is 5.95. The van der Waals surface area contributed by atoms with Gasteiger partial charge >= 0.3 is 0 Å². The van der Waals surface area contributed by atoms with Crippen molar-refractivity contribution in [3.05, 3.63) is 11.9 Å². The molecule has 1 fully saturated rings. The molecular weight excluding hydrogens is 182 g/mol. The summed E-state index contributed by atoms with van der Waals surface area (Å²) in [5, 5.41) is 6.97. The second kappa shape index (κ2) is 4.21. The Kier molecular flexibility index (Phi) is 2.76. The number of carbonyl (C=O) groups excluding carboxylic acids is 1. The van der Waals surface area contributed by atoms with Gasteiger partial charge in [0.05, 0.1) is 0 Å². The molecule has 0 spiro atoms. The Hall–Kier alpha value is -1.39. The molecule has 0 saturated carbocycles. The van der Waals surface area contributed by atoms with Crippen molar-refractivity contribution in [1.29, 1.82) is 0 Å². The number of hydrogen-bond donors (Lipinski definition) is 0. The van der Waals surface area contributed by atoms with E-state index in [0.717, 1.165) is 25.9 Å². The molecule has 5 nitrogen and oxygen atoms in total. The van der Waals surface area contributed by atoms with Crippen molar-refractivity contribution >= 4 is 5.91 Å². The van der Waals surface area contributed by atoms with E-state index in [1.807, 2.05) is 4.90 Å². The maximum absolute atomic E-state index is 11.8. The molecule has 0 atom stereocenters. The van der Waals surface area contributed by atoms with Gasteiger partial charge in [-0.1, -0.05) is 18.0 Å². The first kappa shape index (κ1) is 9.18. The van der Waals surface area contributed by atoms with Crippen molar-refractivity contribution in [3.8, 4) is 0 Å². The second-order valence-electron chi connectivity index (χ2n) is 3.50. The summed E-state index contributed by atoms with van der Waals surface area (Å²) in [6, 6.07) is 0. The molecule has 0 unspecified atom stereocenters. The molecule has 1 amide bonds.